The molecule has 2 aliphatic heterocycles. The zero-order valence-electron chi connectivity index (χ0n) is 17.4. The van der Waals surface area contributed by atoms with Gasteiger partial charge in [-0.15, -0.1) is 16.9 Å². The van der Waals surface area contributed by atoms with Crippen LogP contribution in [0.2, 0.25) is 0 Å². The van der Waals surface area contributed by atoms with E-state index in [2.05, 4.69) is 35.8 Å². The molecule has 0 amide bonds. The van der Waals surface area contributed by atoms with Crippen molar-refractivity contribution in [3.05, 3.63) is 11.9 Å². The summed E-state index contributed by atoms with van der Waals surface area (Å²) in [6.45, 7) is 10.6. The first-order valence-corrected chi connectivity index (χ1v) is 11.9. The monoisotopic (exact) mass is 424 g/mol. The Bertz CT molecular complexity index is 880. The first-order chi connectivity index (χ1) is 13.1. The topological polar surface area (TPSA) is 70.8 Å². The molecule has 2 aromatic rings. The summed E-state index contributed by atoms with van der Waals surface area (Å²) >= 11 is 3.08. The van der Waals surface area contributed by atoms with E-state index in [1.807, 2.05) is 37.1 Å². The molecule has 4 atom stereocenters. The van der Waals surface area contributed by atoms with E-state index >= 15 is 0 Å². The molecule has 4 heterocycles. The third kappa shape index (κ3) is 3.67. The van der Waals surface area contributed by atoms with Crippen molar-refractivity contribution in [2.75, 3.05) is 12.5 Å². The molecular formula is C19H28N4O3S2. The van der Waals surface area contributed by atoms with Crippen LogP contribution in [-0.4, -0.2) is 56.2 Å². The van der Waals surface area contributed by atoms with Gasteiger partial charge in [0.05, 0.1) is 18.0 Å². The summed E-state index contributed by atoms with van der Waals surface area (Å²) in [6.07, 6.45) is 6.08. The molecule has 28 heavy (non-hydrogen) atoms. The van der Waals surface area contributed by atoms with Gasteiger partial charge >= 0.3 is 0 Å². The average molecular weight is 425 g/mol. The number of hydrogen-bond donors (Lipinski definition) is 0. The largest absolute Gasteiger partial charge is 0.363 e. The smallest absolute Gasteiger partial charge is 0.208 e. The Morgan fingerprint density at radius 2 is 1.86 bits per heavy atom. The van der Waals surface area contributed by atoms with Gasteiger partial charge in [-0.25, -0.2) is 14.5 Å². The van der Waals surface area contributed by atoms with Crippen molar-refractivity contribution in [3.63, 3.8) is 0 Å². The molecule has 0 bridgehead atoms. The van der Waals surface area contributed by atoms with Crippen molar-refractivity contribution in [1.82, 2.24) is 19.6 Å². The molecule has 0 radical (unpaired) electrons. The number of thioether (sulfide) groups is 2. The van der Waals surface area contributed by atoms with E-state index in [4.69, 9.17) is 14.2 Å². The molecule has 2 aliphatic rings. The number of nitrogens with zero attached hydrogens (tertiary/aromatic N) is 4. The highest BCUT2D eigenvalue weighted by molar-refractivity contribution is 7.99. The Labute approximate surface area is 174 Å². The Hall–Kier alpha value is -0.870. The molecule has 0 aromatic carbocycles. The second-order valence-electron chi connectivity index (χ2n) is 8.95. The van der Waals surface area contributed by atoms with Crippen molar-refractivity contribution >= 4 is 29.2 Å². The Kier molecular flexibility index (Phi) is 5.19. The Balaban J connectivity index is 1.76. The molecule has 2 aromatic heterocycles. The van der Waals surface area contributed by atoms with Crippen LogP contribution in [0.5, 0.6) is 0 Å². The number of aromatic nitrogens is 4. The van der Waals surface area contributed by atoms with Gasteiger partial charge in [0.2, 0.25) is 5.16 Å². The highest BCUT2D eigenvalue weighted by Gasteiger charge is 2.56. The second kappa shape index (κ2) is 7.12. The van der Waals surface area contributed by atoms with Crippen LogP contribution in [0, 0.1) is 5.41 Å². The first-order valence-electron chi connectivity index (χ1n) is 9.46. The van der Waals surface area contributed by atoms with E-state index in [9.17, 15) is 0 Å². The minimum atomic E-state index is -0.627. The van der Waals surface area contributed by atoms with Crippen molar-refractivity contribution in [3.8, 4) is 0 Å². The fourth-order valence-electron chi connectivity index (χ4n) is 3.96. The van der Waals surface area contributed by atoms with Crippen molar-refractivity contribution in [2.24, 2.45) is 5.41 Å². The molecule has 7 nitrogen and oxygen atoms in total. The Morgan fingerprint density at radius 3 is 2.50 bits per heavy atom. The summed E-state index contributed by atoms with van der Waals surface area (Å²) in [6, 6.07) is 0. The molecule has 0 aliphatic carbocycles. The van der Waals surface area contributed by atoms with Crippen LogP contribution in [0.15, 0.2) is 16.4 Å². The summed E-state index contributed by atoms with van der Waals surface area (Å²) in [5.41, 5.74) is 1.76. The average Bonchev–Trinajstić information content (AvgIpc) is 3.24. The van der Waals surface area contributed by atoms with Crippen LogP contribution in [-0.2, 0) is 14.2 Å². The van der Waals surface area contributed by atoms with Crippen molar-refractivity contribution in [1.29, 1.82) is 0 Å². The van der Waals surface area contributed by atoms with Crippen LogP contribution in [0.3, 0.4) is 0 Å². The van der Waals surface area contributed by atoms with Crippen LogP contribution >= 0.6 is 23.5 Å². The maximum Gasteiger partial charge on any atom is 0.208 e. The normalized spacial score (nSPS) is 29.5. The summed E-state index contributed by atoms with van der Waals surface area (Å²) < 4.78 is 20.9. The number of ether oxygens (including phenoxy) is 3. The van der Waals surface area contributed by atoms with Gasteiger partial charge in [0, 0.05) is 0 Å². The van der Waals surface area contributed by atoms with Crippen LogP contribution < -0.4 is 0 Å². The number of imidazole rings is 1. The summed E-state index contributed by atoms with van der Waals surface area (Å²) in [7, 11) is 0. The lowest BCUT2D eigenvalue weighted by Crippen LogP contribution is -2.32. The lowest BCUT2D eigenvalue weighted by atomic mass is 9.87. The maximum absolute atomic E-state index is 6.51. The molecule has 0 unspecified atom stereocenters. The van der Waals surface area contributed by atoms with E-state index < -0.39 is 5.79 Å². The molecule has 4 rings (SSSR count). The van der Waals surface area contributed by atoms with Gasteiger partial charge in [-0.3, -0.25) is 0 Å². The maximum atomic E-state index is 6.51. The highest BCUT2D eigenvalue weighted by Crippen LogP contribution is 2.47. The van der Waals surface area contributed by atoms with Crippen LogP contribution in [0.25, 0.3) is 5.65 Å². The van der Waals surface area contributed by atoms with E-state index in [0.717, 1.165) is 22.8 Å². The predicted molar refractivity (Wildman–Crippen MR) is 110 cm³/mol. The number of rotatable bonds is 4. The molecule has 0 spiro atoms. The predicted octanol–water partition coefficient (Wildman–Crippen LogP) is 3.96. The third-order valence-corrected chi connectivity index (χ3v) is 6.17. The van der Waals surface area contributed by atoms with E-state index in [-0.39, 0.29) is 29.8 Å². The standard InChI is InChI=1S/C19H28N4O3S2/c1-18(2,3)8-11-13-14(26-19(4,5)25-13)12(24-11)10-9-20-15-16(27-6)21-17(28-7)22-23(10)15/h9,11-14H,8H2,1-7H3/t11-,12+,13-,14+/m1/s1. The van der Waals surface area contributed by atoms with Gasteiger partial charge < -0.3 is 14.2 Å². The minimum absolute atomic E-state index is 0.0378. The van der Waals surface area contributed by atoms with E-state index in [0.29, 0.717) is 5.16 Å². The molecule has 9 heteroatoms. The summed E-state index contributed by atoms with van der Waals surface area (Å²) in [4.78, 5) is 9.16. The fraction of sp³-hybridized carbons (Fsp3) is 0.737. The highest BCUT2D eigenvalue weighted by atomic mass is 32.2. The van der Waals surface area contributed by atoms with E-state index in [1.165, 1.54) is 11.8 Å². The summed E-state index contributed by atoms with van der Waals surface area (Å²) in [5.74, 6) is -0.627. The van der Waals surface area contributed by atoms with Gasteiger partial charge in [0.15, 0.2) is 11.4 Å². The number of hydrogen-bond acceptors (Lipinski definition) is 8. The Morgan fingerprint density at radius 1 is 1.14 bits per heavy atom. The molecule has 2 saturated heterocycles. The zero-order chi connectivity index (χ0) is 20.3. The molecular weight excluding hydrogens is 396 g/mol. The molecule has 0 N–H and O–H groups in total. The molecule has 154 valence electrons. The first kappa shape index (κ1) is 20.4. The van der Waals surface area contributed by atoms with Gasteiger partial charge in [-0.05, 0) is 38.2 Å². The minimum Gasteiger partial charge on any atom is -0.363 e. The van der Waals surface area contributed by atoms with Crippen molar-refractivity contribution in [2.45, 2.75) is 81.4 Å². The van der Waals surface area contributed by atoms with Gasteiger partial charge in [-0.2, -0.15) is 0 Å². The molecule has 0 saturated carbocycles. The lowest BCUT2D eigenvalue weighted by Gasteiger charge is -2.28. The summed E-state index contributed by atoms with van der Waals surface area (Å²) in [5, 5.41) is 6.24. The van der Waals surface area contributed by atoms with Gasteiger partial charge in [0.25, 0.3) is 0 Å². The van der Waals surface area contributed by atoms with Crippen LogP contribution in [0.4, 0.5) is 0 Å². The SMILES string of the molecule is CSc1nc(SC)c2ncc([C@@H]3O[C@H](CC(C)(C)C)[C@H]4OC(C)(C)O[C@H]43)n2n1. The zero-order valence-corrected chi connectivity index (χ0v) is 19.1. The van der Waals surface area contributed by atoms with Gasteiger partial charge in [-0.1, -0.05) is 32.5 Å². The third-order valence-electron chi connectivity index (χ3n) is 4.97. The van der Waals surface area contributed by atoms with Crippen LogP contribution in [0.1, 0.15) is 52.8 Å². The van der Waals surface area contributed by atoms with Gasteiger partial charge in [0.1, 0.15) is 23.3 Å². The molecule has 2 fully saturated rings. The van der Waals surface area contributed by atoms with Crippen molar-refractivity contribution < 1.29 is 14.2 Å². The lowest BCUT2D eigenvalue weighted by molar-refractivity contribution is -0.190. The van der Waals surface area contributed by atoms with E-state index in [1.54, 1.807) is 11.8 Å². The quantitative estimate of drug-likeness (QED) is 0.683. The number of fused-ring (bicyclic) bond motifs is 2. The fourth-order valence-corrected chi connectivity index (χ4v) is 4.86. The second-order valence-corrected chi connectivity index (χ2v) is 10.5.